The number of halogens is 1. The van der Waals surface area contributed by atoms with E-state index in [1.807, 2.05) is 0 Å². The van der Waals surface area contributed by atoms with Crippen molar-refractivity contribution >= 4 is 11.6 Å². The number of benzene rings is 1. The molecule has 1 saturated heterocycles. The molecule has 1 aromatic rings. The van der Waals surface area contributed by atoms with Crippen molar-refractivity contribution in [3.8, 4) is 0 Å². The van der Waals surface area contributed by atoms with E-state index in [-0.39, 0.29) is 0 Å². The van der Waals surface area contributed by atoms with Crippen molar-refractivity contribution in [1.29, 1.82) is 0 Å². The van der Waals surface area contributed by atoms with Gasteiger partial charge < -0.3 is 0 Å². The number of fused-ring (bicyclic) bond motifs is 2. The minimum atomic E-state index is 0.411. The summed E-state index contributed by atoms with van der Waals surface area (Å²) in [6.45, 7) is 2.28. The molecule has 1 heterocycles. The Hall–Kier alpha value is -0.530. The van der Waals surface area contributed by atoms with E-state index in [0.29, 0.717) is 11.4 Å². The van der Waals surface area contributed by atoms with E-state index in [0.717, 1.165) is 12.5 Å². The number of nitrogens with zero attached hydrogens (tertiary/aromatic N) is 1. The fraction of sp³-hybridized carbons (Fsp3) is 0.538. The summed E-state index contributed by atoms with van der Waals surface area (Å²) >= 11 is 6.39. The molecule has 3 unspecified atom stereocenters. The van der Waals surface area contributed by atoms with E-state index in [9.17, 15) is 0 Å². The topological polar surface area (TPSA) is 3.24 Å². The lowest BCUT2D eigenvalue weighted by Gasteiger charge is -2.26. The molecule has 80 valence electrons. The van der Waals surface area contributed by atoms with Gasteiger partial charge in [-0.1, -0.05) is 30.3 Å². The lowest BCUT2D eigenvalue weighted by atomic mass is 10.1. The van der Waals surface area contributed by atoms with Crippen LogP contribution < -0.4 is 0 Å². The predicted octanol–water partition coefficient (Wildman–Crippen LogP) is 2.89. The molecule has 0 aromatic heterocycles. The van der Waals surface area contributed by atoms with Crippen molar-refractivity contribution < 1.29 is 0 Å². The van der Waals surface area contributed by atoms with E-state index in [4.69, 9.17) is 11.6 Å². The third kappa shape index (κ3) is 1.68. The largest absolute Gasteiger partial charge is 0.294 e. The first kappa shape index (κ1) is 9.68. The quantitative estimate of drug-likeness (QED) is 0.695. The molecular weight excluding hydrogens is 206 g/mol. The lowest BCUT2D eigenvalue weighted by Crippen LogP contribution is -2.32. The van der Waals surface area contributed by atoms with Crippen molar-refractivity contribution in [2.45, 2.75) is 30.8 Å². The van der Waals surface area contributed by atoms with Gasteiger partial charge in [-0.3, -0.25) is 4.90 Å². The van der Waals surface area contributed by atoms with Crippen LogP contribution >= 0.6 is 11.6 Å². The Morgan fingerprint density at radius 1 is 1.20 bits per heavy atom. The third-order valence-corrected chi connectivity index (χ3v) is 4.46. The van der Waals surface area contributed by atoms with Crippen LogP contribution in [0, 0.1) is 5.92 Å². The summed E-state index contributed by atoms with van der Waals surface area (Å²) in [5.41, 5.74) is 1.41. The van der Waals surface area contributed by atoms with Gasteiger partial charge in [0.25, 0.3) is 0 Å². The van der Waals surface area contributed by atoms with Gasteiger partial charge in [-0.15, -0.1) is 11.6 Å². The van der Waals surface area contributed by atoms with Crippen LogP contribution in [0.5, 0.6) is 0 Å². The summed E-state index contributed by atoms with van der Waals surface area (Å²) in [5.74, 6) is 0.750. The Balaban J connectivity index is 1.71. The van der Waals surface area contributed by atoms with E-state index >= 15 is 0 Å². The van der Waals surface area contributed by atoms with Crippen LogP contribution in [0.3, 0.4) is 0 Å². The minimum absolute atomic E-state index is 0.411. The zero-order valence-electron chi connectivity index (χ0n) is 8.77. The van der Waals surface area contributed by atoms with Crippen LogP contribution in [0.15, 0.2) is 30.3 Å². The number of likely N-dealkylation sites (tertiary alicyclic amines) is 1. The summed E-state index contributed by atoms with van der Waals surface area (Å²) in [6, 6.07) is 11.3. The maximum absolute atomic E-state index is 6.39. The zero-order chi connectivity index (χ0) is 10.3. The van der Waals surface area contributed by atoms with Gasteiger partial charge in [0.2, 0.25) is 0 Å². The first-order chi connectivity index (χ1) is 7.34. The number of hydrogen-bond donors (Lipinski definition) is 0. The standard InChI is InChI=1S/C13H16ClN/c14-13-11-6-7-12(13)15(9-11)8-10-4-2-1-3-5-10/h1-5,11-13H,6-9H2. The molecule has 3 rings (SSSR count). The summed E-state index contributed by atoms with van der Waals surface area (Å²) in [4.78, 5) is 2.56. The van der Waals surface area contributed by atoms with Crippen LogP contribution in [-0.4, -0.2) is 22.9 Å². The van der Waals surface area contributed by atoms with E-state index in [2.05, 4.69) is 35.2 Å². The summed E-state index contributed by atoms with van der Waals surface area (Å²) in [6.07, 6.45) is 2.63. The number of hydrogen-bond acceptors (Lipinski definition) is 1. The van der Waals surface area contributed by atoms with Gasteiger partial charge in [0.05, 0.1) is 5.38 Å². The number of alkyl halides is 1. The highest BCUT2D eigenvalue weighted by atomic mass is 35.5. The molecule has 2 heteroatoms. The zero-order valence-corrected chi connectivity index (χ0v) is 9.53. The molecule has 1 aromatic carbocycles. The highest BCUT2D eigenvalue weighted by Crippen LogP contribution is 2.41. The summed E-state index contributed by atoms with van der Waals surface area (Å²) in [5, 5.41) is 0.411. The molecule has 0 N–H and O–H groups in total. The van der Waals surface area contributed by atoms with Gasteiger partial charge in [0, 0.05) is 19.1 Å². The van der Waals surface area contributed by atoms with Crippen molar-refractivity contribution in [1.82, 2.24) is 4.90 Å². The van der Waals surface area contributed by atoms with Crippen LogP contribution in [-0.2, 0) is 6.54 Å². The molecule has 3 atom stereocenters. The molecule has 0 spiro atoms. The van der Waals surface area contributed by atoms with Crippen LogP contribution in [0.4, 0.5) is 0 Å². The molecule has 1 saturated carbocycles. The third-order valence-electron chi connectivity index (χ3n) is 3.82. The van der Waals surface area contributed by atoms with Gasteiger partial charge in [0.1, 0.15) is 0 Å². The van der Waals surface area contributed by atoms with Crippen molar-refractivity contribution in [2.24, 2.45) is 5.92 Å². The van der Waals surface area contributed by atoms with Crippen molar-refractivity contribution in [2.75, 3.05) is 6.54 Å². The fourth-order valence-electron chi connectivity index (χ4n) is 3.03. The van der Waals surface area contributed by atoms with Crippen LogP contribution in [0.2, 0.25) is 0 Å². The van der Waals surface area contributed by atoms with Crippen LogP contribution in [0.1, 0.15) is 18.4 Å². The lowest BCUT2D eigenvalue weighted by molar-refractivity contribution is 0.205. The van der Waals surface area contributed by atoms with Gasteiger partial charge in [-0.05, 0) is 24.3 Å². The molecule has 1 nitrogen and oxygen atoms in total. The highest BCUT2D eigenvalue weighted by molar-refractivity contribution is 6.21. The molecule has 2 aliphatic rings. The second-order valence-electron chi connectivity index (χ2n) is 4.76. The van der Waals surface area contributed by atoms with Crippen molar-refractivity contribution in [3.63, 3.8) is 0 Å². The predicted molar refractivity (Wildman–Crippen MR) is 63.0 cm³/mol. The average Bonchev–Trinajstić information content (AvgIpc) is 2.75. The molecule has 2 fully saturated rings. The molecule has 1 aliphatic heterocycles. The van der Waals surface area contributed by atoms with Gasteiger partial charge in [0.15, 0.2) is 0 Å². The summed E-state index contributed by atoms with van der Waals surface area (Å²) in [7, 11) is 0. The Morgan fingerprint density at radius 2 is 2.00 bits per heavy atom. The fourth-order valence-corrected chi connectivity index (χ4v) is 3.52. The second kappa shape index (κ2) is 3.80. The number of piperidine rings is 1. The SMILES string of the molecule is ClC1C2CCC1N(Cc1ccccc1)C2. The highest BCUT2D eigenvalue weighted by Gasteiger charge is 2.45. The Labute approximate surface area is 96.0 Å². The molecular formula is C13H16ClN. The molecule has 1 aliphatic carbocycles. The van der Waals surface area contributed by atoms with Crippen molar-refractivity contribution in [3.05, 3.63) is 35.9 Å². The molecule has 0 amide bonds. The normalized spacial score (nSPS) is 34.9. The van der Waals surface area contributed by atoms with Gasteiger partial charge in [-0.25, -0.2) is 0 Å². The minimum Gasteiger partial charge on any atom is -0.294 e. The second-order valence-corrected chi connectivity index (χ2v) is 5.27. The van der Waals surface area contributed by atoms with E-state index < -0.39 is 0 Å². The first-order valence-electron chi connectivity index (χ1n) is 5.76. The number of rotatable bonds is 2. The first-order valence-corrected chi connectivity index (χ1v) is 6.20. The molecule has 0 radical (unpaired) electrons. The Morgan fingerprint density at radius 3 is 2.60 bits per heavy atom. The average molecular weight is 222 g/mol. The Kier molecular flexibility index (Phi) is 2.45. The van der Waals surface area contributed by atoms with Crippen LogP contribution in [0.25, 0.3) is 0 Å². The molecule has 15 heavy (non-hydrogen) atoms. The maximum Gasteiger partial charge on any atom is 0.0531 e. The summed E-state index contributed by atoms with van der Waals surface area (Å²) < 4.78 is 0. The maximum atomic E-state index is 6.39. The van der Waals surface area contributed by atoms with E-state index in [1.54, 1.807) is 0 Å². The monoisotopic (exact) mass is 221 g/mol. The van der Waals surface area contributed by atoms with Gasteiger partial charge in [-0.2, -0.15) is 0 Å². The smallest absolute Gasteiger partial charge is 0.0531 e. The molecule has 2 bridgehead atoms. The Bertz CT molecular complexity index is 338. The van der Waals surface area contributed by atoms with E-state index in [1.165, 1.54) is 24.9 Å². The van der Waals surface area contributed by atoms with Gasteiger partial charge >= 0.3 is 0 Å².